The molecule has 0 aliphatic carbocycles. The molecule has 1 aliphatic heterocycles. The average molecular weight is 291 g/mol. The maximum atomic E-state index is 11.7. The van der Waals surface area contributed by atoms with Crippen molar-refractivity contribution in [1.82, 2.24) is 4.90 Å². The summed E-state index contributed by atoms with van der Waals surface area (Å²) in [6.07, 6.45) is 2.50. The van der Waals surface area contributed by atoms with E-state index >= 15 is 0 Å². The number of benzene rings is 1. The summed E-state index contributed by atoms with van der Waals surface area (Å²) in [6, 6.07) is 4.72. The van der Waals surface area contributed by atoms with E-state index in [-0.39, 0.29) is 0 Å². The van der Waals surface area contributed by atoms with E-state index in [1.165, 1.54) is 18.9 Å². The predicted molar refractivity (Wildman–Crippen MR) is 82.0 cm³/mol. The van der Waals surface area contributed by atoms with Crippen LogP contribution in [0.15, 0.2) is 23.4 Å². The van der Waals surface area contributed by atoms with E-state index in [1.807, 2.05) is 0 Å². The zero-order chi connectivity index (χ0) is 15.1. The first-order valence-corrected chi connectivity index (χ1v) is 7.35. The van der Waals surface area contributed by atoms with E-state index < -0.39 is 5.97 Å². The Hall–Kier alpha value is -1.95. The van der Waals surface area contributed by atoms with E-state index in [2.05, 4.69) is 15.4 Å². The molecule has 1 aromatic carbocycles. The molecule has 0 saturated carbocycles. The van der Waals surface area contributed by atoms with Gasteiger partial charge in [-0.3, -0.25) is 0 Å². The summed E-state index contributed by atoms with van der Waals surface area (Å²) in [5.41, 5.74) is 1.31. The number of nitrogens with zero attached hydrogens (tertiary/aromatic N) is 2. The third kappa shape index (κ3) is 4.26. The molecule has 1 heterocycles. The van der Waals surface area contributed by atoms with Crippen LogP contribution in [-0.2, 0) is 4.74 Å². The fraction of sp³-hybridized carbons (Fsp3) is 0.533. The first-order valence-electron chi connectivity index (χ1n) is 7.35. The quantitative estimate of drug-likeness (QED) is 0.618. The Kier molecular flexibility index (Phi) is 5.68. The van der Waals surface area contributed by atoms with Gasteiger partial charge in [-0.25, -0.2) is 4.79 Å². The molecule has 0 unspecified atom stereocenters. The third-order valence-electron chi connectivity index (χ3n) is 3.55. The highest BCUT2D eigenvalue weighted by Crippen LogP contribution is 2.26. The minimum absolute atomic E-state index is 0.310. The second kappa shape index (κ2) is 7.73. The standard InChI is InChI=1S/C15H21N3O3/c1-2-21-15(19)12-5-6-13(17-20)14(11-12)16-7-10-18-8-3-4-9-18/h5-6,11,16H,2-4,7-10H2,1H3. The van der Waals surface area contributed by atoms with Gasteiger partial charge in [-0.15, -0.1) is 4.91 Å². The molecule has 6 heteroatoms. The lowest BCUT2D eigenvalue weighted by atomic mass is 10.1. The lowest BCUT2D eigenvalue weighted by Crippen LogP contribution is -2.26. The highest BCUT2D eigenvalue weighted by molar-refractivity contribution is 5.91. The van der Waals surface area contributed by atoms with Gasteiger partial charge in [0.2, 0.25) is 0 Å². The van der Waals surface area contributed by atoms with E-state index in [0.29, 0.717) is 23.5 Å². The molecule has 21 heavy (non-hydrogen) atoms. The molecule has 0 radical (unpaired) electrons. The lowest BCUT2D eigenvalue weighted by Gasteiger charge is -2.16. The number of anilines is 1. The zero-order valence-electron chi connectivity index (χ0n) is 12.3. The van der Waals surface area contributed by atoms with Gasteiger partial charge in [0.15, 0.2) is 0 Å². The van der Waals surface area contributed by atoms with Crippen LogP contribution in [0.4, 0.5) is 11.4 Å². The topological polar surface area (TPSA) is 71.0 Å². The van der Waals surface area contributed by atoms with Crippen LogP contribution >= 0.6 is 0 Å². The number of likely N-dealkylation sites (tertiary alicyclic amines) is 1. The normalized spacial score (nSPS) is 14.9. The second-order valence-corrected chi connectivity index (χ2v) is 5.02. The van der Waals surface area contributed by atoms with Crippen molar-refractivity contribution in [3.63, 3.8) is 0 Å². The molecular formula is C15H21N3O3. The van der Waals surface area contributed by atoms with E-state index in [9.17, 15) is 9.70 Å². The molecular weight excluding hydrogens is 270 g/mol. The number of esters is 1. The molecule has 1 aromatic rings. The number of hydrogen-bond acceptors (Lipinski definition) is 6. The van der Waals surface area contributed by atoms with Gasteiger partial charge in [0.05, 0.1) is 17.9 Å². The molecule has 1 fully saturated rings. The average Bonchev–Trinajstić information content (AvgIpc) is 3.00. The molecule has 0 atom stereocenters. The van der Waals surface area contributed by atoms with Gasteiger partial charge in [0.1, 0.15) is 5.69 Å². The third-order valence-corrected chi connectivity index (χ3v) is 3.55. The first-order chi connectivity index (χ1) is 10.2. The van der Waals surface area contributed by atoms with Crippen LogP contribution in [0.2, 0.25) is 0 Å². The Morgan fingerprint density at radius 1 is 1.38 bits per heavy atom. The summed E-state index contributed by atoms with van der Waals surface area (Å²) in [5, 5.41) is 6.17. The summed E-state index contributed by atoms with van der Waals surface area (Å²) >= 11 is 0. The molecule has 1 aliphatic rings. The van der Waals surface area contributed by atoms with E-state index in [4.69, 9.17) is 4.74 Å². The number of rotatable bonds is 7. The molecule has 1 saturated heterocycles. The maximum absolute atomic E-state index is 11.7. The van der Waals surface area contributed by atoms with Gasteiger partial charge in [-0.2, -0.15) is 0 Å². The van der Waals surface area contributed by atoms with Crippen LogP contribution in [0.25, 0.3) is 0 Å². The van der Waals surface area contributed by atoms with E-state index in [1.54, 1.807) is 19.1 Å². The van der Waals surface area contributed by atoms with Crippen LogP contribution in [0.5, 0.6) is 0 Å². The number of ether oxygens (including phenoxy) is 1. The van der Waals surface area contributed by atoms with Crippen LogP contribution in [0.1, 0.15) is 30.1 Å². The van der Waals surface area contributed by atoms with Crippen molar-refractivity contribution in [2.45, 2.75) is 19.8 Å². The Bertz CT molecular complexity index is 499. The molecule has 0 bridgehead atoms. The predicted octanol–water partition coefficient (Wildman–Crippen LogP) is 2.77. The summed E-state index contributed by atoms with van der Waals surface area (Å²) in [6.45, 7) is 5.97. The highest BCUT2D eigenvalue weighted by Gasteiger charge is 2.13. The van der Waals surface area contributed by atoms with E-state index in [0.717, 1.165) is 26.2 Å². The van der Waals surface area contributed by atoms with Crippen molar-refractivity contribution in [2.24, 2.45) is 5.18 Å². The van der Waals surface area contributed by atoms with Crippen molar-refractivity contribution in [2.75, 3.05) is 38.1 Å². The van der Waals surface area contributed by atoms with Crippen LogP contribution in [0.3, 0.4) is 0 Å². The smallest absolute Gasteiger partial charge is 0.338 e. The fourth-order valence-electron chi connectivity index (χ4n) is 2.45. The molecule has 0 amide bonds. The van der Waals surface area contributed by atoms with Gasteiger partial charge in [-0.05, 0) is 56.2 Å². The minimum atomic E-state index is -0.391. The van der Waals surface area contributed by atoms with Crippen molar-refractivity contribution in [3.8, 4) is 0 Å². The molecule has 1 N–H and O–H groups in total. The summed E-state index contributed by atoms with van der Waals surface area (Å²) in [4.78, 5) is 24.9. The Balaban J connectivity index is 1.99. The number of carbonyl (C=O) groups is 1. The molecule has 0 aromatic heterocycles. The Labute approximate surface area is 124 Å². The van der Waals surface area contributed by atoms with Crippen molar-refractivity contribution >= 4 is 17.3 Å². The number of nitroso groups, excluding NO2 is 1. The van der Waals surface area contributed by atoms with Crippen molar-refractivity contribution < 1.29 is 9.53 Å². The maximum Gasteiger partial charge on any atom is 0.338 e. The van der Waals surface area contributed by atoms with Gasteiger partial charge >= 0.3 is 5.97 Å². The molecule has 114 valence electrons. The van der Waals surface area contributed by atoms with Gasteiger partial charge in [0.25, 0.3) is 0 Å². The number of carbonyl (C=O) groups excluding carboxylic acids is 1. The second-order valence-electron chi connectivity index (χ2n) is 5.02. The molecule has 0 spiro atoms. The lowest BCUT2D eigenvalue weighted by molar-refractivity contribution is 0.0526. The monoisotopic (exact) mass is 291 g/mol. The number of nitrogens with one attached hydrogen (secondary N) is 1. The van der Waals surface area contributed by atoms with Crippen LogP contribution < -0.4 is 5.32 Å². The SMILES string of the molecule is CCOC(=O)c1ccc(N=O)c(NCCN2CCCC2)c1. The zero-order valence-corrected chi connectivity index (χ0v) is 12.3. The highest BCUT2D eigenvalue weighted by atomic mass is 16.5. The van der Waals surface area contributed by atoms with Gasteiger partial charge in [0, 0.05) is 13.1 Å². The minimum Gasteiger partial charge on any atom is -0.462 e. The largest absolute Gasteiger partial charge is 0.462 e. The van der Waals surface area contributed by atoms with Crippen molar-refractivity contribution in [1.29, 1.82) is 0 Å². The summed E-state index contributed by atoms with van der Waals surface area (Å²) < 4.78 is 4.96. The van der Waals surface area contributed by atoms with Crippen molar-refractivity contribution in [3.05, 3.63) is 28.7 Å². The fourth-order valence-corrected chi connectivity index (χ4v) is 2.45. The summed E-state index contributed by atoms with van der Waals surface area (Å²) in [5.74, 6) is -0.391. The number of hydrogen-bond donors (Lipinski definition) is 1. The first kappa shape index (κ1) is 15.4. The van der Waals surface area contributed by atoms with Crippen LogP contribution in [0, 0.1) is 4.91 Å². The van der Waals surface area contributed by atoms with Gasteiger partial charge < -0.3 is 15.0 Å². The van der Waals surface area contributed by atoms with Crippen LogP contribution in [-0.4, -0.2) is 43.7 Å². The Morgan fingerprint density at radius 3 is 2.81 bits per heavy atom. The summed E-state index contributed by atoms with van der Waals surface area (Å²) in [7, 11) is 0. The van der Waals surface area contributed by atoms with Gasteiger partial charge in [-0.1, -0.05) is 0 Å². The molecule has 6 nitrogen and oxygen atoms in total. The molecule has 2 rings (SSSR count). The Morgan fingerprint density at radius 2 is 2.14 bits per heavy atom.